The van der Waals surface area contributed by atoms with Crippen molar-refractivity contribution in [2.75, 3.05) is 20.2 Å². The van der Waals surface area contributed by atoms with E-state index in [4.69, 9.17) is 18.0 Å². The molecule has 0 spiro atoms. The van der Waals surface area contributed by atoms with Gasteiger partial charge < -0.3 is 15.4 Å². The minimum atomic E-state index is -0.861. The number of methoxy groups -OCH3 is 1. The second-order valence-corrected chi connectivity index (χ2v) is 5.19. The van der Waals surface area contributed by atoms with Gasteiger partial charge in [-0.1, -0.05) is 12.2 Å². The van der Waals surface area contributed by atoms with Crippen LogP contribution in [0.3, 0.4) is 0 Å². The van der Waals surface area contributed by atoms with Crippen molar-refractivity contribution in [2.24, 2.45) is 17.1 Å². The molecule has 5 nitrogen and oxygen atoms in total. The first-order valence-corrected chi connectivity index (χ1v) is 5.88. The average Bonchev–Trinajstić information content (AvgIpc) is 2.75. The first-order chi connectivity index (χ1) is 7.80. The van der Waals surface area contributed by atoms with Gasteiger partial charge in [0.15, 0.2) is 0 Å². The molecule has 0 aromatic heterocycles. The monoisotopic (exact) mass is 258 g/mol. The maximum absolute atomic E-state index is 12.2. The third-order valence-electron chi connectivity index (χ3n) is 3.16. The summed E-state index contributed by atoms with van der Waals surface area (Å²) in [6.07, 6.45) is 0.631. The Labute approximate surface area is 106 Å². The molecule has 17 heavy (non-hydrogen) atoms. The molecule has 1 saturated heterocycles. The zero-order valence-electron chi connectivity index (χ0n) is 10.4. The van der Waals surface area contributed by atoms with Crippen molar-refractivity contribution in [2.45, 2.75) is 20.3 Å². The maximum Gasteiger partial charge on any atom is 0.310 e. The summed E-state index contributed by atoms with van der Waals surface area (Å²) in [6, 6.07) is 0. The van der Waals surface area contributed by atoms with Crippen LogP contribution in [-0.4, -0.2) is 42.0 Å². The van der Waals surface area contributed by atoms with Crippen molar-refractivity contribution in [1.82, 2.24) is 4.90 Å². The molecule has 1 fully saturated rings. The SMILES string of the molecule is COC(=O)C1CCN(C(=O)C(C)(C)C(N)=S)C1. The fraction of sp³-hybridized carbons (Fsp3) is 0.727. The van der Waals surface area contributed by atoms with Crippen LogP contribution in [0.5, 0.6) is 0 Å². The molecular weight excluding hydrogens is 240 g/mol. The first-order valence-electron chi connectivity index (χ1n) is 5.47. The van der Waals surface area contributed by atoms with E-state index < -0.39 is 5.41 Å². The van der Waals surface area contributed by atoms with Crippen LogP contribution >= 0.6 is 12.2 Å². The van der Waals surface area contributed by atoms with E-state index in [1.165, 1.54) is 7.11 Å². The molecule has 1 aliphatic heterocycles. The van der Waals surface area contributed by atoms with E-state index in [0.29, 0.717) is 19.5 Å². The molecule has 0 aromatic carbocycles. The van der Waals surface area contributed by atoms with Gasteiger partial charge in [-0.05, 0) is 20.3 Å². The maximum atomic E-state index is 12.2. The number of amides is 1. The molecule has 0 bridgehead atoms. The summed E-state index contributed by atoms with van der Waals surface area (Å²) in [4.78, 5) is 25.3. The predicted octanol–water partition coefficient (Wildman–Crippen LogP) is 0.320. The molecule has 1 aliphatic rings. The van der Waals surface area contributed by atoms with Gasteiger partial charge in [0.1, 0.15) is 0 Å². The number of esters is 1. The lowest BCUT2D eigenvalue weighted by Gasteiger charge is -2.28. The number of nitrogens with two attached hydrogens (primary N) is 1. The average molecular weight is 258 g/mol. The Bertz CT molecular complexity index is 355. The Morgan fingerprint density at radius 3 is 2.53 bits per heavy atom. The summed E-state index contributed by atoms with van der Waals surface area (Å²) in [7, 11) is 1.35. The molecule has 1 unspecified atom stereocenters. The fourth-order valence-electron chi connectivity index (χ4n) is 1.80. The van der Waals surface area contributed by atoms with E-state index in [0.717, 1.165) is 0 Å². The number of carbonyl (C=O) groups excluding carboxylic acids is 2. The van der Waals surface area contributed by atoms with Gasteiger partial charge in [0.05, 0.1) is 23.4 Å². The number of thiocarbonyl (C=S) groups is 1. The van der Waals surface area contributed by atoms with Crippen molar-refractivity contribution < 1.29 is 14.3 Å². The van der Waals surface area contributed by atoms with Gasteiger partial charge in [0, 0.05) is 13.1 Å². The third kappa shape index (κ3) is 2.74. The number of likely N-dealkylation sites (tertiary alicyclic amines) is 1. The molecule has 0 radical (unpaired) electrons. The second-order valence-electron chi connectivity index (χ2n) is 4.75. The molecule has 0 aromatic rings. The van der Waals surface area contributed by atoms with Gasteiger partial charge >= 0.3 is 5.97 Å². The summed E-state index contributed by atoms with van der Waals surface area (Å²) in [5.41, 5.74) is 4.69. The number of nitrogens with zero attached hydrogens (tertiary/aromatic N) is 1. The predicted molar refractivity (Wildman–Crippen MR) is 67.3 cm³/mol. The summed E-state index contributed by atoms with van der Waals surface area (Å²) in [6.45, 7) is 4.33. The molecule has 1 rings (SSSR count). The van der Waals surface area contributed by atoms with E-state index in [-0.39, 0.29) is 22.8 Å². The summed E-state index contributed by atoms with van der Waals surface area (Å²) in [5.74, 6) is -0.629. The zero-order valence-corrected chi connectivity index (χ0v) is 11.2. The quantitative estimate of drug-likeness (QED) is 0.583. The Morgan fingerprint density at radius 1 is 1.47 bits per heavy atom. The molecule has 1 atom stereocenters. The van der Waals surface area contributed by atoms with Crippen LogP contribution in [0.15, 0.2) is 0 Å². The van der Waals surface area contributed by atoms with Gasteiger partial charge in [0.2, 0.25) is 5.91 Å². The highest BCUT2D eigenvalue weighted by atomic mass is 32.1. The molecule has 1 amide bonds. The second kappa shape index (κ2) is 5.00. The van der Waals surface area contributed by atoms with E-state index in [2.05, 4.69) is 4.74 Å². The van der Waals surface area contributed by atoms with E-state index >= 15 is 0 Å². The molecular formula is C11H18N2O3S. The van der Waals surface area contributed by atoms with Crippen LogP contribution in [0, 0.1) is 11.3 Å². The van der Waals surface area contributed by atoms with Crippen molar-refractivity contribution in [3.8, 4) is 0 Å². The highest BCUT2D eigenvalue weighted by Crippen LogP contribution is 2.25. The number of hydrogen-bond donors (Lipinski definition) is 1. The fourth-order valence-corrected chi connectivity index (χ4v) is 1.89. The van der Waals surface area contributed by atoms with Crippen molar-refractivity contribution >= 4 is 29.1 Å². The zero-order chi connectivity index (χ0) is 13.2. The van der Waals surface area contributed by atoms with Crippen LogP contribution in [0.4, 0.5) is 0 Å². The summed E-state index contributed by atoms with van der Waals surface area (Å²) < 4.78 is 4.67. The third-order valence-corrected chi connectivity index (χ3v) is 3.67. The van der Waals surface area contributed by atoms with Crippen LogP contribution in [0.1, 0.15) is 20.3 Å². The highest BCUT2D eigenvalue weighted by Gasteiger charge is 2.39. The van der Waals surface area contributed by atoms with E-state index in [9.17, 15) is 9.59 Å². The summed E-state index contributed by atoms with van der Waals surface area (Å²) in [5, 5.41) is 0. The van der Waals surface area contributed by atoms with Crippen molar-refractivity contribution in [1.29, 1.82) is 0 Å². The molecule has 96 valence electrons. The molecule has 6 heteroatoms. The van der Waals surface area contributed by atoms with Gasteiger partial charge in [-0.2, -0.15) is 0 Å². The Morgan fingerprint density at radius 2 is 2.06 bits per heavy atom. The van der Waals surface area contributed by atoms with Crippen LogP contribution < -0.4 is 5.73 Å². The lowest BCUT2D eigenvalue weighted by Crippen LogP contribution is -2.46. The van der Waals surface area contributed by atoms with Gasteiger partial charge in [-0.15, -0.1) is 0 Å². The topological polar surface area (TPSA) is 72.6 Å². The number of ether oxygens (including phenoxy) is 1. The van der Waals surface area contributed by atoms with Gasteiger partial charge in [0.25, 0.3) is 0 Å². The Hall–Kier alpha value is -1.17. The van der Waals surface area contributed by atoms with Crippen LogP contribution in [-0.2, 0) is 14.3 Å². The normalized spacial score (nSPS) is 20.2. The van der Waals surface area contributed by atoms with Crippen LogP contribution in [0.2, 0.25) is 0 Å². The molecule has 0 saturated carbocycles. The number of rotatable bonds is 3. The van der Waals surface area contributed by atoms with Crippen molar-refractivity contribution in [3.05, 3.63) is 0 Å². The Kier molecular flexibility index (Phi) is 4.08. The van der Waals surface area contributed by atoms with Gasteiger partial charge in [-0.3, -0.25) is 9.59 Å². The van der Waals surface area contributed by atoms with Crippen LogP contribution in [0.25, 0.3) is 0 Å². The number of carbonyl (C=O) groups is 2. The molecule has 2 N–H and O–H groups in total. The lowest BCUT2D eigenvalue weighted by molar-refractivity contribution is -0.145. The minimum Gasteiger partial charge on any atom is -0.469 e. The lowest BCUT2D eigenvalue weighted by atomic mass is 9.92. The standard InChI is InChI=1S/C11H18N2O3S/c1-11(2,9(12)17)10(15)13-5-4-7(6-13)8(14)16-3/h7H,4-6H2,1-3H3,(H2,12,17). The summed E-state index contributed by atoms with van der Waals surface area (Å²) >= 11 is 4.89. The van der Waals surface area contributed by atoms with E-state index in [1.54, 1.807) is 18.7 Å². The minimum absolute atomic E-state index is 0.128. The molecule has 1 heterocycles. The molecule has 0 aliphatic carbocycles. The van der Waals surface area contributed by atoms with Crippen molar-refractivity contribution in [3.63, 3.8) is 0 Å². The Balaban J connectivity index is 2.69. The number of hydrogen-bond acceptors (Lipinski definition) is 4. The largest absolute Gasteiger partial charge is 0.469 e. The van der Waals surface area contributed by atoms with Gasteiger partial charge in [-0.25, -0.2) is 0 Å². The first kappa shape index (κ1) is 13.9. The van der Waals surface area contributed by atoms with E-state index in [1.807, 2.05) is 0 Å². The highest BCUT2D eigenvalue weighted by molar-refractivity contribution is 7.80. The smallest absolute Gasteiger partial charge is 0.310 e.